The third-order valence-corrected chi connectivity index (χ3v) is 1.66. The van der Waals surface area contributed by atoms with Crippen molar-refractivity contribution in [2.45, 2.75) is 26.3 Å². The lowest BCUT2D eigenvalue weighted by atomic mass is 10.3. The summed E-state index contributed by atoms with van der Waals surface area (Å²) in [5.41, 5.74) is 0. The lowest BCUT2D eigenvalue weighted by Gasteiger charge is -2.13. The fourth-order valence-corrected chi connectivity index (χ4v) is 1.03. The van der Waals surface area contributed by atoms with E-state index in [-0.39, 0.29) is 11.9 Å². The van der Waals surface area contributed by atoms with E-state index in [2.05, 4.69) is 4.74 Å². The Morgan fingerprint density at radius 1 is 1.82 bits per heavy atom. The molecule has 11 heavy (non-hydrogen) atoms. The predicted octanol–water partition coefficient (Wildman–Crippen LogP) is 0.764. The number of imide groups is 1. The summed E-state index contributed by atoms with van der Waals surface area (Å²) in [6.45, 7) is 3.84. The first-order valence-electron chi connectivity index (χ1n) is 3.65. The van der Waals surface area contributed by atoms with Crippen LogP contribution in [-0.4, -0.2) is 29.5 Å². The lowest BCUT2D eigenvalue weighted by molar-refractivity contribution is -0.128. The number of carbonyl (C=O) groups is 2. The highest BCUT2D eigenvalue weighted by atomic mass is 16.6. The molecule has 0 spiro atoms. The Morgan fingerprint density at radius 3 is 2.82 bits per heavy atom. The van der Waals surface area contributed by atoms with Crippen LogP contribution in [-0.2, 0) is 9.53 Å². The Hall–Kier alpha value is -1.06. The quantitative estimate of drug-likeness (QED) is 0.564. The molecular weight excluding hydrogens is 146 g/mol. The third kappa shape index (κ3) is 1.34. The summed E-state index contributed by atoms with van der Waals surface area (Å²) in [5.74, 6) is -0.167. The van der Waals surface area contributed by atoms with Gasteiger partial charge in [-0.1, -0.05) is 6.92 Å². The van der Waals surface area contributed by atoms with Crippen molar-refractivity contribution in [2.24, 2.45) is 0 Å². The standard InChI is InChI=1S/C7H11NO3/c1-3-6(9)8-5(2)4-11-7(8)10/h5H,3-4H2,1-2H3/t5-/m0/s1. The van der Waals surface area contributed by atoms with Crippen molar-refractivity contribution in [3.8, 4) is 0 Å². The van der Waals surface area contributed by atoms with E-state index in [0.717, 1.165) is 0 Å². The zero-order chi connectivity index (χ0) is 8.43. The number of ether oxygens (including phenoxy) is 1. The molecule has 1 fully saturated rings. The van der Waals surface area contributed by atoms with Crippen molar-refractivity contribution in [2.75, 3.05) is 6.61 Å². The van der Waals surface area contributed by atoms with Gasteiger partial charge < -0.3 is 4.74 Å². The summed E-state index contributed by atoms with van der Waals surface area (Å²) in [4.78, 5) is 23.1. The SMILES string of the molecule is CCC(=O)N1C(=O)OC[C@@H]1C. The topological polar surface area (TPSA) is 46.6 Å². The van der Waals surface area contributed by atoms with Gasteiger partial charge in [0.2, 0.25) is 5.91 Å². The highest BCUT2D eigenvalue weighted by Crippen LogP contribution is 2.12. The van der Waals surface area contributed by atoms with Gasteiger partial charge in [0.1, 0.15) is 6.61 Å². The Labute approximate surface area is 65.1 Å². The molecule has 4 heteroatoms. The van der Waals surface area contributed by atoms with E-state index in [1.54, 1.807) is 13.8 Å². The average molecular weight is 157 g/mol. The summed E-state index contributed by atoms with van der Waals surface area (Å²) < 4.78 is 4.67. The molecule has 0 saturated carbocycles. The Balaban J connectivity index is 2.68. The van der Waals surface area contributed by atoms with E-state index >= 15 is 0 Å². The van der Waals surface area contributed by atoms with E-state index < -0.39 is 6.09 Å². The molecule has 0 unspecified atom stereocenters. The maximum atomic E-state index is 11.1. The van der Waals surface area contributed by atoms with Gasteiger partial charge in [-0.3, -0.25) is 4.79 Å². The van der Waals surface area contributed by atoms with Gasteiger partial charge in [-0.25, -0.2) is 9.69 Å². The molecule has 0 aromatic carbocycles. The Kier molecular flexibility index (Phi) is 2.12. The van der Waals surface area contributed by atoms with Crippen molar-refractivity contribution < 1.29 is 14.3 Å². The van der Waals surface area contributed by atoms with Gasteiger partial charge in [0.05, 0.1) is 6.04 Å². The maximum Gasteiger partial charge on any atom is 0.416 e. The van der Waals surface area contributed by atoms with Crippen molar-refractivity contribution >= 4 is 12.0 Å². The van der Waals surface area contributed by atoms with Crippen LogP contribution >= 0.6 is 0 Å². The minimum atomic E-state index is -0.510. The molecule has 0 bridgehead atoms. The summed E-state index contributed by atoms with van der Waals surface area (Å²) in [6.07, 6.45) is -0.163. The number of hydrogen-bond acceptors (Lipinski definition) is 3. The second kappa shape index (κ2) is 2.90. The molecule has 1 rings (SSSR count). The van der Waals surface area contributed by atoms with Crippen molar-refractivity contribution in [3.05, 3.63) is 0 Å². The fraction of sp³-hybridized carbons (Fsp3) is 0.714. The number of cyclic esters (lactones) is 1. The zero-order valence-corrected chi connectivity index (χ0v) is 6.66. The predicted molar refractivity (Wildman–Crippen MR) is 37.9 cm³/mol. The van der Waals surface area contributed by atoms with Crippen LogP contribution in [0.1, 0.15) is 20.3 Å². The van der Waals surface area contributed by atoms with E-state index in [1.807, 2.05) is 0 Å². The first kappa shape index (κ1) is 8.04. The monoisotopic (exact) mass is 157 g/mol. The first-order chi connectivity index (χ1) is 5.16. The largest absolute Gasteiger partial charge is 0.447 e. The minimum absolute atomic E-state index is 0.102. The fourth-order valence-electron chi connectivity index (χ4n) is 1.03. The van der Waals surface area contributed by atoms with Crippen LogP contribution in [0.25, 0.3) is 0 Å². The molecule has 1 atom stereocenters. The number of rotatable bonds is 1. The molecule has 0 aliphatic carbocycles. The third-order valence-electron chi connectivity index (χ3n) is 1.66. The Bertz CT molecular complexity index is 190. The number of nitrogens with zero attached hydrogens (tertiary/aromatic N) is 1. The Morgan fingerprint density at radius 2 is 2.45 bits per heavy atom. The van der Waals surface area contributed by atoms with Gasteiger partial charge in [0.15, 0.2) is 0 Å². The molecule has 62 valence electrons. The van der Waals surface area contributed by atoms with Crippen LogP contribution in [0, 0.1) is 0 Å². The minimum Gasteiger partial charge on any atom is -0.447 e. The molecule has 0 radical (unpaired) electrons. The van der Waals surface area contributed by atoms with E-state index in [9.17, 15) is 9.59 Å². The summed E-state index contributed by atoms with van der Waals surface area (Å²) in [7, 11) is 0. The summed E-state index contributed by atoms with van der Waals surface area (Å²) >= 11 is 0. The molecule has 2 amide bonds. The first-order valence-corrected chi connectivity index (χ1v) is 3.65. The van der Waals surface area contributed by atoms with E-state index in [4.69, 9.17) is 0 Å². The van der Waals surface area contributed by atoms with Crippen LogP contribution in [0.4, 0.5) is 4.79 Å². The van der Waals surface area contributed by atoms with Gasteiger partial charge in [-0.15, -0.1) is 0 Å². The zero-order valence-electron chi connectivity index (χ0n) is 6.66. The summed E-state index contributed by atoms with van der Waals surface area (Å²) in [5, 5.41) is 0. The molecule has 1 heterocycles. The summed E-state index contributed by atoms with van der Waals surface area (Å²) in [6, 6.07) is -0.102. The van der Waals surface area contributed by atoms with Crippen LogP contribution in [0.15, 0.2) is 0 Å². The van der Waals surface area contributed by atoms with Crippen LogP contribution in [0.5, 0.6) is 0 Å². The highest BCUT2D eigenvalue weighted by Gasteiger charge is 2.33. The molecular formula is C7H11NO3. The second-order valence-electron chi connectivity index (χ2n) is 2.54. The van der Waals surface area contributed by atoms with Gasteiger partial charge in [0.25, 0.3) is 0 Å². The van der Waals surface area contributed by atoms with Crippen molar-refractivity contribution in [1.29, 1.82) is 0 Å². The van der Waals surface area contributed by atoms with E-state index in [0.29, 0.717) is 13.0 Å². The molecule has 4 nitrogen and oxygen atoms in total. The van der Waals surface area contributed by atoms with Crippen molar-refractivity contribution in [3.63, 3.8) is 0 Å². The highest BCUT2D eigenvalue weighted by molar-refractivity contribution is 5.93. The molecule has 0 N–H and O–H groups in total. The number of amides is 2. The van der Waals surface area contributed by atoms with Crippen molar-refractivity contribution in [1.82, 2.24) is 4.90 Å². The molecule has 1 aliphatic heterocycles. The van der Waals surface area contributed by atoms with E-state index in [1.165, 1.54) is 4.90 Å². The van der Waals surface area contributed by atoms with Crippen LogP contribution in [0.2, 0.25) is 0 Å². The average Bonchev–Trinajstić information content (AvgIpc) is 2.30. The second-order valence-corrected chi connectivity index (χ2v) is 2.54. The number of hydrogen-bond donors (Lipinski definition) is 0. The van der Waals surface area contributed by atoms with Crippen LogP contribution < -0.4 is 0 Å². The molecule has 1 saturated heterocycles. The number of carbonyl (C=O) groups excluding carboxylic acids is 2. The van der Waals surface area contributed by atoms with Gasteiger partial charge in [-0.05, 0) is 6.92 Å². The molecule has 1 aliphatic rings. The molecule has 0 aromatic rings. The van der Waals surface area contributed by atoms with Gasteiger partial charge in [-0.2, -0.15) is 0 Å². The van der Waals surface area contributed by atoms with Gasteiger partial charge in [0, 0.05) is 6.42 Å². The van der Waals surface area contributed by atoms with Gasteiger partial charge >= 0.3 is 6.09 Å². The maximum absolute atomic E-state index is 11.1. The normalized spacial score (nSPS) is 23.6. The smallest absolute Gasteiger partial charge is 0.416 e. The van der Waals surface area contributed by atoms with Crippen LogP contribution in [0.3, 0.4) is 0 Å². The molecule has 0 aromatic heterocycles. The lowest BCUT2D eigenvalue weighted by Crippen LogP contribution is -2.36.